The molecule has 0 saturated heterocycles. The Morgan fingerprint density at radius 3 is 1.89 bits per heavy atom. The van der Waals surface area contributed by atoms with E-state index in [-0.39, 0.29) is 6.42 Å². The van der Waals surface area contributed by atoms with Crippen LogP contribution >= 0.6 is 0 Å². The Balaban J connectivity index is 2.86. The number of benzene rings is 1. The van der Waals surface area contributed by atoms with Gasteiger partial charge in [0.15, 0.2) is 0 Å². The zero-order valence-corrected chi connectivity index (χ0v) is 9.84. The first kappa shape index (κ1) is 15.0. The normalized spacial score (nSPS) is 11.7. The molecule has 0 bridgehead atoms. The third kappa shape index (κ3) is 4.59. The Hall–Kier alpha value is -2.08. The van der Waals surface area contributed by atoms with Gasteiger partial charge in [-0.15, -0.1) is 0 Å². The summed E-state index contributed by atoms with van der Waals surface area (Å²) in [6.45, 7) is 0. The zero-order chi connectivity index (χ0) is 14.5. The molecular formula is C13H10F4N2. The summed E-state index contributed by atoms with van der Waals surface area (Å²) in [4.78, 5) is 0. The minimum absolute atomic E-state index is 0.156. The minimum atomic E-state index is -4.41. The molecular weight excluding hydrogens is 260 g/mol. The van der Waals surface area contributed by atoms with Gasteiger partial charge >= 0.3 is 6.18 Å². The van der Waals surface area contributed by atoms with Crippen LogP contribution in [0.1, 0.15) is 18.4 Å². The first-order valence-electron chi connectivity index (χ1n) is 5.44. The monoisotopic (exact) mass is 270 g/mol. The van der Waals surface area contributed by atoms with E-state index >= 15 is 0 Å². The summed E-state index contributed by atoms with van der Waals surface area (Å²) in [6.07, 6.45) is -6.37. The molecule has 0 spiro atoms. The quantitative estimate of drug-likeness (QED) is 0.782. The van der Waals surface area contributed by atoms with E-state index in [4.69, 9.17) is 10.5 Å². The summed E-state index contributed by atoms with van der Waals surface area (Å²) in [7, 11) is 0. The van der Waals surface area contributed by atoms with Crippen LogP contribution in [0.25, 0.3) is 0 Å². The molecule has 0 aromatic heterocycles. The number of nitriles is 2. The predicted octanol–water partition coefficient (Wildman–Crippen LogP) is 3.74. The van der Waals surface area contributed by atoms with Gasteiger partial charge in [0.2, 0.25) is 0 Å². The van der Waals surface area contributed by atoms with Gasteiger partial charge in [-0.3, -0.25) is 0 Å². The van der Waals surface area contributed by atoms with Gasteiger partial charge in [0.05, 0.1) is 12.1 Å². The van der Waals surface area contributed by atoms with Crippen molar-refractivity contribution in [2.45, 2.75) is 25.4 Å². The van der Waals surface area contributed by atoms with E-state index in [1.165, 1.54) is 12.1 Å². The van der Waals surface area contributed by atoms with Gasteiger partial charge in [0.25, 0.3) is 0 Å². The summed E-state index contributed by atoms with van der Waals surface area (Å²) in [5.74, 6) is -0.487. The molecule has 0 amide bonds. The number of nitrogens with zero attached hydrogens (tertiary/aromatic N) is 2. The number of halogens is 4. The average Bonchev–Trinajstić information content (AvgIpc) is 2.36. The van der Waals surface area contributed by atoms with Crippen molar-refractivity contribution in [1.82, 2.24) is 0 Å². The molecule has 0 atom stereocenters. The highest BCUT2D eigenvalue weighted by atomic mass is 19.4. The van der Waals surface area contributed by atoms with Crippen molar-refractivity contribution in [2.75, 3.05) is 0 Å². The van der Waals surface area contributed by atoms with Gasteiger partial charge < -0.3 is 0 Å². The first-order chi connectivity index (χ1) is 8.80. The maximum Gasteiger partial charge on any atom is 0.389 e. The fourth-order valence-electron chi connectivity index (χ4n) is 1.61. The lowest BCUT2D eigenvalue weighted by Crippen LogP contribution is -2.23. The van der Waals surface area contributed by atoms with Crippen molar-refractivity contribution < 1.29 is 17.6 Å². The van der Waals surface area contributed by atoms with Crippen LogP contribution in [-0.4, -0.2) is 6.18 Å². The molecule has 1 aromatic carbocycles. The Kier molecular flexibility index (Phi) is 4.50. The van der Waals surface area contributed by atoms with Crippen molar-refractivity contribution in [3.8, 4) is 12.1 Å². The fraction of sp³-hybridized carbons (Fsp3) is 0.385. The van der Waals surface area contributed by atoms with Crippen molar-refractivity contribution in [2.24, 2.45) is 5.41 Å². The smallest absolute Gasteiger partial charge is 0.207 e. The molecule has 2 nitrogen and oxygen atoms in total. The summed E-state index contributed by atoms with van der Waals surface area (Å²) in [6, 6.07) is 8.27. The van der Waals surface area contributed by atoms with Crippen molar-refractivity contribution >= 4 is 0 Å². The maximum absolute atomic E-state index is 12.7. The van der Waals surface area contributed by atoms with E-state index in [9.17, 15) is 17.6 Å². The van der Waals surface area contributed by atoms with E-state index in [0.29, 0.717) is 5.56 Å². The average molecular weight is 270 g/mol. The van der Waals surface area contributed by atoms with Crippen LogP contribution in [0.2, 0.25) is 0 Å². The van der Waals surface area contributed by atoms with Crippen molar-refractivity contribution in [3.63, 3.8) is 0 Å². The largest absolute Gasteiger partial charge is 0.389 e. The summed E-state index contributed by atoms with van der Waals surface area (Å²) >= 11 is 0. The second-order valence-electron chi connectivity index (χ2n) is 4.22. The molecule has 0 heterocycles. The van der Waals surface area contributed by atoms with Gasteiger partial charge in [-0.1, -0.05) is 12.1 Å². The Labute approximate surface area is 107 Å². The second kappa shape index (κ2) is 5.71. The van der Waals surface area contributed by atoms with Gasteiger partial charge in [-0.05, 0) is 24.1 Å². The zero-order valence-electron chi connectivity index (χ0n) is 9.84. The molecule has 19 heavy (non-hydrogen) atoms. The number of rotatable bonds is 4. The molecule has 0 fully saturated rings. The number of alkyl halides is 3. The molecule has 0 aliphatic rings. The van der Waals surface area contributed by atoms with E-state index < -0.39 is 30.3 Å². The van der Waals surface area contributed by atoms with Gasteiger partial charge in [-0.25, -0.2) is 4.39 Å². The predicted molar refractivity (Wildman–Crippen MR) is 59.1 cm³/mol. The third-order valence-electron chi connectivity index (χ3n) is 2.68. The van der Waals surface area contributed by atoms with Gasteiger partial charge in [0.1, 0.15) is 11.2 Å². The second-order valence-corrected chi connectivity index (χ2v) is 4.22. The van der Waals surface area contributed by atoms with Crippen LogP contribution in [0.5, 0.6) is 0 Å². The Morgan fingerprint density at radius 1 is 0.947 bits per heavy atom. The van der Waals surface area contributed by atoms with Crippen LogP contribution in [0.15, 0.2) is 24.3 Å². The SMILES string of the molecule is N#CC(C#N)(CCC(F)(F)F)Cc1ccc(F)cc1. The molecule has 0 aliphatic carbocycles. The summed E-state index contributed by atoms with van der Waals surface area (Å²) < 4.78 is 49.3. The van der Waals surface area contributed by atoms with Crippen molar-refractivity contribution in [1.29, 1.82) is 10.5 Å². The Morgan fingerprint density at radius 2 is 1.47 bits per heavy atom. The van der Waals surface area contributed by atoms with Crippen LogP contribution in [0.3, 0.4) is 0 Å². The van der Waals surface area contributed by atoms with Crippen LogP contribution in [-0.2, 0) is 6.42 Å². The molecule has 1 aromatic rings. The summed E-state index contributed by atoms with van der Waals surface area (Å²) in [5, 5.41) is 18.0. The van der Waals surface area contributed by atoms with Crippen molar-refractivity contribution in [3.05, 3.63) is 35.6 Å². The molecule has 0 N–H and O–H groups in total. The molecule has 0 unspecified atom stereocenters. The van der Waals surface area contributed by atoms with Gasteiger partial charge in [-0.2, -0.15) is 23.7 Å². The topological polar surface area (TPSA) is 47.6 Å². The van der Waals surface area contributed by atoms with E-state index in [2.05, 4.69) is 0 Å². The summed E-state index contributed by atoms with van der Waals surface area (Å²) in [5.41, 5.74) is -1.29. The molecule has 0 saturated carbocycles. The first-order valence-corrected chi connectivity index (χ1v) is 5.44. The molecule has 6 heteroatoms. The van der Waals surface area contributed by atoms with Gasteiger partial charge in [0, 0.05) is 12.8 Å². The minimum Gasteiger partial charge on any atom is -0.207 e. The molecule has 100 valence electrons. The molecule has 1 rings (SSSR count). The highest BCUT2D eigenvalue weighted by molar-refractivity contribution is 5.24. The lowest BCUT2D eigenvalue weighted by atomic mass is 9.80. The van der Waals surface area contributed by atoms with Crippen LogP contribution in [0.4, 0.5) is 17.6 Å². The Bertz CT molecular complexity index is 491. The third-order valence-corrected chi connectivity index (χ3v) is 2.68. The maximum atomic E-state index is 12.7. The highest BCUT2D eigenvalue weighted by Gasteiger charge is 2.37. The van der Waals surface area contributed by atoms with E-state index in [1.807, 2.05) is 0 Å². The lowest BCUT2D eigenvalue weighted by Gasteiger charge is -2.19. The van der Waals surface area contributed by atoms with E-state index in [0.717, 1.165) is 12.1 Å². The number of hydrogen-bond donors (Lipinski definition) is 0. The molecule has 0 radical (unpaired) electrons. The molecule has 0 aliphatic heterocycles. The lowest BCUT2D eigenvalue weighted by molar-refractivity contribution is -0.138. The van der Waals surface area contributed by atoms with E-state index in [1.54, 1.807) is 12.1 Å². The van der Waals surface area contributed by atoms with Crippen LogP contribution in [0, 0.1) is 33.9 Å². The highest BCUT2D eigenvalue weighted by Crippen LogP contribution is 2.33. The fourth-order valence-corrected chi connectivity index (χ4v) is 1.61. The van der Waals surface area contributed by atoms with Crippen LogP contribution < -0.4 is 0 Å². The number of hydrogen-bond acceptors (Lipinski definition) is 2. The standard InChI is InChI=1S/C13H10F4N2/c14-11-3-1-10(2-4-11)7-12(8-18,9-19)5-6-13(15,16)17/h1-4H,5-7H2.